The summed E-state index contributed by atoms with van der Waals surface area (Å²) < 4.78 is 12.3. The van der Waals surface area contributed by atoms with E-state index in [1.54, 1.807) is 7.11 Å². The molecular weight excluding hydrogens is 378 g/mol. The molecule has 0 saturated heterocycles. The Morgan fingerprint density at radius 1 is 0.840 bits per heavy atom. The van der Waals surface area contributed by atoms with Crippen LogP contribution >= 0.6 is 15.9 Å². The predicted molar refractivity (Wildman–Crippen MR) is 105 cm³/mol. The first kappa shape index (κ1) is 17.4. The van der Waals surface area contributed by atoms with E-state index in [4.69, 9.17) is 9.47 Å². The van der Waals surface area contributed by atoms with Crippen molar-refractivity contribution in [1.82, 2.24) is 0 Å². The molecule has 0 atom stereocenters. The lowest BCUT2D eigenvalue weighted by Gasteiger charge is -2.14. The van der Waals surface area contributed by atoms with Crippen molar-refractivity contribution >= 4 is 21.6 Å². The SMILES string of the molecule is COc1ccc(NCc2ccccc2OCc2ccccc2Br)cc1. The third-order valence-corrected chi connectivity index (χ3v) is 4.66. The third kappa shape index (κ3) is 4.77. The third-order valence-electron chi connectivity index (χ3n) is 3.89. The molecule has 128 valence electrons. The largest absolute Gasteiger partial charge is 0.497 e. The average Bonchev–Trinajstić information content (AvgIpc) is 2.67. The van der Waals surface area contributed by atoms with E-state index in [2.05, 4.69) is 33.4 Å². The maximum absolute atomic E-state index is 6.04. The van der Waals surface area contributed by atoms with Crippen molar-refractivity contribution in [2.24, 2.45) is 0 Å². The summed E-state index contributed by atoms with van der Waals surface area (Å²) in [6, 6.07) is 24.1. The van der Waals surface area contributed by atoms with Crippen molar-refractivity contribution in [3.05, 3.63) is 88.4 Å². The Hall–Kier alpha value is -2.46. The Balaban J connectivity index is 1.65. The van der Waals surface area contributed by atoms with Crippen LogP contribution in [0.4, 0.5) is 5.69 Å². The van der Waals surface area contributed by atoms with Crippen LogP contribution in [0.1, 0.15) is 11.1 Å². The smallest absolute Gasteiger partial charge is 0.124 e. The number of ether oxygens (including phenoxy) is 2. The summed E-state index contributed by atoms with van der Waals surface area (Å²) in [5.74, 6) is 1.74. The predicted octanol–water partition coefficient (Wildman–Crippen LogP) is 5.65. The molecule has 0 bridgehead atoms. The monoisotopic (exact) mass is 397 g/mol. The van der Waals surface area contributed by atoms with E-state index in [-0.39, 0.29) is 0 Å². The van der Waals surface area contributed by atoms with Gasteiger partial charge in [0.05, 0.1) is 7.11 Å². The van der Waals surface area contributed by atoms with Gasteiger partial charge in [0.1, 0.15) is 18.1 Å². The van der Waals surface area contributed by atoms with Gasteiger partial charge in [-0.3, -0.25) is 0 Å². The quantitative estimate of drug-likeness (QED) is 0.558. The Bertz CT molecular complexity index is 818. The minimum Gasteiger partial charge on any atom is -0.497 e. The van der Waals surface area contributed by atoms with E-state index in [0.29, 0.717) is 13.2 Å². The highest BCUT2D eigenvalue weighted by Gasteiger charge is 2.05. The zero-order chi connectivity index (χ0) is 17.5. The number of halogens is 1. The molecule has 0 radical (unpaired) electrons. The Labute approximate surface area is 156 Å². The normalized spacial score (nSPS) is 10.3. The molecule has 0 aliphatic carbocycles. The number of nitrogens with one attached hydrogen (secondary N) is 1. The van der Waals surface area contributed by atoms with E-state index in [1.165, 1.54) is 0 Å². The van der Waals surface area contributed by atoms with Gasteiger partial charge >= 0.3 is 0 Å². The summed E-state index contributed by atoms with van der Waals surface area (Å²) in [5, 5.41) is 3.42. The first-order valence-corrected chi connectivity index (χ1v) is 8.87. The van der Waals surface area contributed by atoms with E-state index in [1.807, 2.05) is 60.7 Å². The molecule has 0 fully saturated rings. The molecule has 0 aliphatic rings. The zero-order valence-corrected chi connectivity index (χ0v) is 15.6. The first-order valence-electron chi connectivity index (χ1n) is 8.08. The van der Waals surface area contributed by atoms with E-state index in [0.717, 1.165) is 32.8 Å². The maximum atomic E-state index is 6.04. The number of hydrogen-bond acceptors (Lipinski definition) is 3. The molecule has 0 saturated carbocycles. The van der Waals surface area contributed by atoms with E-state index < -0.39 is 0 Å². The molecule has 0 unspecified atom stereocenters. The number of benzene rings is 3. The van der Waals surface area contributed by atoms with Gasteiger partial charge in [0, 0.05) is 27.8 Å². The average molecular weight is 398 g/mol. The highest BCUT2D eigenvalue weighted by atomic mass is 79.9. The van der Waals surface area contributed by atoms with Gasteiger partial charge in [-0.1, -0.05) is 52.3 Å². The fourth-order valence-electron chi connectivity index (χ4n) is 2.47. The molecule has 3 rings (SSSR count). The fourth-order valence-corrected chi connectivity index (χ4v) is 2.87. The van der Waals surface area contributed by atoms with Crippen LogP contribution in [-0.4, -0.2) is 7.11 Å². The van der Waals surface area contributed by atoms with Crippen LogP contribution in [0.25, 0.3) is 0 Å². The zero-order valence-electron chi connectivity index (χ0n) is 14.0. The lowest BCUT2D eigenvalue weighted by atomic mass is 10.2. The second-order valence-corrected chi connectivity index (χ2v) is 6.42. The topological polar surface area (TPSA) is 30.5 Å². The van der Waals surface area contributed by atoms with Crippen LogP contribution in [0.2, 0.25) is 0 Å². The molecule has 0 aliphatic heterocycles. The molecular formula is C21H20BrNO2. The van der Waals surface area contributed by atoms with Crippen LogP contribution in [0.3, 0.4) is 0 Å². The number of rotatable bonds is 7. The van der Waals surface area contributed by atoms with Crippen LogP contribution in [0.15, 0.2) is 77.3 Å². The maximum Gasteiger partial charge on any atom is 0.124 e. The second kappa shape index (κ2) is 8.58. The van der Waals surface area contributed by atoms with Crippen LogP contribution in [0, 0.1) is 0 Å². The molecule has 3 nitrogen and oxygen atoms in total. The standard InChI is InChI=1S/C21H20BrNO2/c1-24-19-12-10-18(11-13-19)23-14-16-6-3-5-9-21(16)25-15-17-7-2-4-8-20(17)22/h2-13,23H,14-15H2,1H3. The molecule has 0 aromatic heterocycles. The van der Waals surface area contributed by atoms with E-state index in [9.17, 15) is 0 Å². The molecule has 0 heterocycles. The fraction of sp³-hybridized carbons (Fsp3) is 0.143. The molecule has 4 heteroatoms. The molecule has 0 amide bonds. The number of para-hydroxylation sites is 1. The summed E-state index contributed by atoms with van der Waals surface area (Å²) >= 11 is 3.56. The summed E-state index contributed by atoms with van der Waals surface area (Å²) in [6.45, 7) is 1.22. The Morgan fingerprint density at radius 2 is 1.52 bits per heavy atom. The molecule has 3 aromatic rings. The molecule has 3 aromatic carbocycles. The van der Waals surface area contributed by atoms with Gasteiger partial charge < -0.3 is 14.8 Å². The highest BCUT2D eigenvalue weighted by Crippen LogP contribution is 2.23. The van der Waals surface area contributed by atoms with Crippen LogP contribution in [0.5, 0.6) is 11.5 Å². The first-order chi connectivity index (χ1) is 12.3. The summed E-state index contributed by atoms with van der Waals surface area (Å²) in [4.78, 5) is 0. The van der Waals surface area contributed by atoms with Gasteiger partial charge in [0.2, 0.25) is 0 Å². The number of hydrogen-bond donors (Lipinski definition) is 1. The summed E-state index contributed by atoms with van der Waals surface area (Å²) in [7, 11) is 1.67. The van der Waals surface area contributed by atoms with Gasteiger partial charge in [-0.2, -0.15) is 0 Å². The lowest BCUT2D eigenvalue weighted by Crippen LogP contribution is -2.04. The Kier molecular flexibility index (Phi) is 5.96. The minimum atomic E-state index is 0.529. The highest BCUT2D eigenvalue weighted by molar-refractivity contribution is 9.10. The number of anilines is 1. The van der Waals surface area contributed by atoms with Crippen molar-refractivity contribution in [3.63, 3.8) is 0 Å². The van der Waals surface area contributed by atoms with Crippen molar-refractivity contribution in [2.75, 3.05) is 12.4 Å². The molecule has 25 heavy (non-hydrogen) atoms. The Morgan fingerprint density at radius 3 is 2.24 bits per heavy atom. The van der Waals surface area contributed by atoms with Gasteiger partial charge in [-0.15, -0.1) is 0 Å². The second-order valence-electron chi connectivity index (χ2n) is 5.57. The summed E-state index contributed by atoms with van der Waals surface area (Å²) in [5.41, 5.74) is 3.28. The van der Waals surface area contributed by atoms with Crippen LogP contribution in [-0.2, 0) is 13.2 Å². The summed E-state index contributed by atoms with van der Waals surface area (Å²) in [6.07, 6.45) is 0. The lowest BCUT2D eigenvalue weighted by molar-refractivity contribution is 0.302. The van der Waals surface area contributed by atoms with Crippen molar-refractivity contribution < 1.29 is 9.47 Å². The van der Waals surface area contributed by atoms with Crippen LogP contribution < -0.4 is 14.8 Å². The van der Waals surface area contributed by atoms with Gasteiger partial charge in [0.15, 0.2) is 0 Å². The molecule has 0 spiro atoms. The van der Waals surface area contributed by atoms with E-state index >= 15 is 0 Å². The molecule has 1 N–H and O–H groups in total. The van der Waals surface area contributed by atoms with Gasteiger partial charge in [0.25, 0.3) is 0 Å². The van der Waals surface area contributed by atoms with Gasteiger partial charge in [-0.05, 0) is 36.4 Å². The van der Waals surface area contributed by atoms with Crippen molar-refractivity contribution in [1.29, 1.82) is 0 Å². The van der Waals surface area contributed by atoms with Crippen molar-refractivity contribution in [3.8, 4) is 11.5 Å². The number of methoxy groups -OCH3 is 1. The minimum absolute atomic E-state index is 0.529. The van der Waals surface area contributed by atoms with Gasteiger partial charge in [-0.25, -0.2) is 0 Å². The van der Waals surface area contributed by atoms with Crippen molar-refractivity contribution in [2.45, 2.75) is 13.2 Å².